The average Bonchev–Trinajstić information content (AvgIpc) is 3.53. The Balaban J connectivity index is 1.45. The number of carbonyl (C=O) groups excluding carboxylic acids is 2. The highest BCUT2D eigenvalue weighted by atomic mass is 19.2. The Labute approximate surface area is 246 Å². The molecule has 2 atom stereocenters. The lowest BCUT2D eigenvalue weighted by Crippen LogP contribution is -2.24. The molecule has 1 amide bonds. The summed E-state index contributed by atoms with van der Waals surface area (Å²) in [5, 5.41) is 6.36. The van der Waals surface area contributed by atoms with Crippen LogP contribution in [0.3, 0.4) is 0 Å². The number of pyridine rings is 1. The molecule has 0 saturated carbocycles. The number of nitrogens with zero attached hydrogens (tertiary/aromatic N) is 4. The first-order valence-electron chi connectivity index (χ1n) is 13.6. The fraction of sp³-hybridized carbons (Fsp3) is 0.290. The van der Waals surface area contributed by atoms with Crippen molar-refractivity contribution in [1.29, 1.82) is 0 Å². The highest BCUT2D eigenvalue weighted by Crippen LogP contribution is 2.37. The van der Waals surface area contributed by atoms with Gasteiger partial charge in [-0.05, 0) is 48.4 Å². The quantitative estimate of drug-likeness (QED) is 0.272. The van der Waals surface area contributed by atoms with Gasteiger partial charge in [-0.25, -0.2) is 22.8 Å². The predicted octanol–water partition coefficient (Wildman–Crippen LogP) is 4.51. The number of ketones is 1. The summed E-state index contributed by atoms with van der Waals surface area (Å²) < 4.78 is 49.1. The smallest absolute Gasteiger partial charge is 0.270 e. The number of amides is 1. The molecule has 12 heteroatoms. The normalized spacial score (nSPS) is 17.0. The number of benzene rings is 2. The summed E-state index contributed by atoms with van der Waals surface area (Å²) >= 11 is 0. The Morgan fingerprint density at radius 2 is 1.84 bits per heavy atom. The summed E-state index contributed by atoms with van der Waals surface area (Å²) in [7, 11) is 1.56. The van der Waals surface area contributed by atoms with Crippen molar-refractivity contribution in [2.24, 2.45) is 11.7 Å². The molecule has 4 aromatic rings. The van der Waals surface area contributed by atoms with Crippen LogP contribution in [0, 0.1) is 30.3 Å². The van der Waals surface area contributed by atoms with Crippen LogP contribution in [0.25, 0.3) is 16.9 Å². The lowest BCUT2D eigenvalue weighted by molar-refractivity contribution is -0.155. The maximum atomic E-state index is 14.6. The Morgan fingerprint density at radius 1 is 1.07 bits per heavy atom. The van der Waals surface area contributed by atoms with E-state index in [1.165, 1.54) is 12.3 Å². The second kappa shape index (κ2) is 12.9. The number of primary amides is 1. The van der Waals surface area contributed by atoms with Gasteiger partial charge in [-0.1, -0.05) is 24.3 Å². The standard InChI is InChI=1S/C31H30F3N5O4/c1-18-27(39(22-6-4-3-5-7-22)37-28(18)20-14-26(34)29(31(35)41)36-16-20)15-23(40)12-21-17-38(10-11-42-2)43-30(21)19-8-9-24(32)25(33)13-19/h3-9,13-14,16,21,30H,10-12,15,17H2,1-2H3,(H2,35,41)/t21-,30+/m1/s1. The number of rotatable bonds is 11. The highest BCUT2D eigenvalue weighted by molar-refractivity contribution is 5.91. The summed E-state index contributed by atoms with van der Waals surface area (Å²) in [6.07, 6.45) is 0.730. The molecule has 5 rings (SSSR count). The van der Waals surface area contributed by atoms with E-state index in [4.69, 9.17) is 20.4 Å². The van der Waals surface area contributed by atoms with Gasteiger partial charge in [-0.3, -0.25) is 14.4 Å². The summed E-state index contributed by atoms with van der Waals surface area (Å²) in [6, 6.07) is 13.9. The fourth-order valence-corrected chi connectivity index (χ4v) is 5.27. The van der Waals surface area contributed by atoms with Crippen LogP contribution in [0.15, 0.2) is 60.8 Å². The molecule has 0 bridgehead atoms. The van der Waals surface area contributed by atoms with Gasteiger partial charge in [0.15, 0.2) is 23.1 Å². The molecule has 1 saturated heterocycles. The first-order valence-corrected chi connectivity index (χ1v) is 13.6. The van der Waals surface area contributed by atoms with Crippen LogP contribution in [0.4, 0.5) is 13.2 Å². The molecule has 0 spiro atoms. The van der Waals surface area contributed by atoms with E-state index in [2.05, 4.69) is 4.98 Å². The zero-order valence-electron chi connectivity index (χ0n) is 23.6. The van der Waals surface area contributed by atoms with Crippen molar-refractivity contribution < 1.29 is 32.3 Å². The number of ether oxygens (including phenoxy) is 1. The molecule has 9 nitrogen and oxygen atoms in total. The third-order valence-corrected chi connectivity index (χ3v) is 7.39. The molecule has 224 valence electrons. The Kier molecular flexibility index (Phi) is 9.00. The third kappa shape index (κ3) is 6.51. The summed E-state index contributed by atoms with van der Waals surface area (Å²) in [5.41, 5.74) is 7.77. The van der Waals surface area contributed by atoms with Gasteiger partial charge in [0, 0.05) is 50.7 Å². The van der Waals surface area contributed by atoms with Crippen LogP contribution in [0.5, 0.6) is 0 Å². The maximum absolute atomic E-state index is 14.6. The maximum Gasteiger partial charge on any atom is 0.270 e. The number of carbonyl (C=O) groups is 2. The lowest BCUT2D eigenvalue weighted by atomic mass is 9.90. The second-order valence-corrected chi connectivity index (χ2v) is 10.3. The molecular formula is C31H30F3N5O4. The highest BCUT2D eigenvalue weighted by Gasteiger charge is 2.37. The molecular weight excluding hydrogens is 563 g/mol. The number of hydrogen-bond donors (Lipinski definition) is 1. The Bertz CT molecular complexity index is 1650. The first kappa shape index (κ1) is 30.1. The van der Waals surface area contributed by atoms with Gasteiger partial charge in [0.05, 0.1) is 23.7 Å². The minimum atomic E-state index is -0.994. The Hall–Kier alpha value is -4.39. The summed E-state index contributed by atoms with van der Waals surface area (Å²) in [6.45, 7) is 2.99. The van der Waals surface area contributed by atoms with E-state index in [-0.39, 0.29) is 24.5 Å². The molecule has 2 N–H and O–H groups in total. The molecule has 2 aromatic carbocycles. The van der Waals surface area contributed by atoms with E-state index < -0.39 is 35.2 Å². The van der Waals surface area contributed by atoms with Crippen molar-refractivity contribution in [3.63, 3.8) is 0 Å². The lowest BCUT2D eigenvalue weighted by Gasteiger charge is -2.18. The Morgan fingerprint density at radius 3 is 2.51 bits per heavy atom. The van der Waals surface area contributed by atoms with Gasteiger partial charge in [0.2, 0.25) is 0 Å². The zero-order valence-corrected chi connectivity index (χ0v) is 23.6. The van der Waals surface area contributed by atoms with Gasteiger partial charge in [0.1, 0.15) is 11.9 Å². The number of hydroxylamine groups is 2. The molecule has 2 aromatic heterocycles. The van der Waals surface area contributed by atoms with Crippen molar-refractivity contribution in [3.8, 4) is 16.9 Å². The van der Waals surface area contributed by atoms with E-state index in [1.54, 1.807) is 23.8 Å². The molecule has 1 aliphatic heterocycles. The topological polar surface area (TPSA) is 113 Å². The second-order valence-electron chi connectivity index (χ2n) is 10.3. The summed E-state index contributed by atoms with van der Waals surface area (Å²) in [5.74, 6) is -4.30. The number of aromatic nitrogens is 3. The molecule has 0 radical (unpaired) electrons. The molecule has 0 aliphatic carbocycles. The van der Waals surface area contributed by atoms with Crippen molar-refractivity contribution in [2.75, 3.05) is 26.8 Å². The van der Waals surface area contributed by atoms with E-state index in [9.17, 15) is 22.8 Å². The van der Waals surface area contributed by atoms with Gasteiger partial charge in [-0.2, -0.15) is 10.2 Å². The van der Waals surface area contributed by atoms with Gasteiger partial charge < -0.3 is 10.5 Å². The minimum absolute atomic E-state index is 0.0118. The van der Waals surface area contributed by atoms with Crippen molar-refractivity contribution in [3.05, 3.63) is 101 Å². The number of halogens is 3. The summed E-state index contributed by atoms with van der Waals surface area (Å²) in [4.78, 5) is 35.0. The van der Waals surface area contributed by atoms with Crippen molar-refractivity contribution in [1.82, 2.24) is 19.8 Å². The van der Waals surface area contributed by atoms with E-state index >= 15 is 0 Å². The predicted molar refractivity (Wildman–Crippen MR) is 150 cm³/mol. The van der Waals surface area contributed by atoms with Crippen molar-refractivity contribution in [2.45, 2.75) is 25.9 Å². The SMILES string of the molecule is COCCN1C[C@@H](CC(=O)Cc2c(C)c(-c3cnc(C(N)=O)c(F)c3)nn2-c2ccccc2)[C@H](c2ccc(F)c(F)c2)O1. The molecule has 1 fully saturated rings. The van der Waals surface area contributed by atoms with E-state index in [1.807, 2.05) is 30.3 Å². The fourth-order valence-electron chi connectivity index (χ4n) is 5.27. The van der Waals surface area contributed by atoms with Gasteiger partial charge >= 0.3 is 0 Å². The van der Waals surface area contributed by atoms with Crippen molar-refractivity contribution >= 4 is 11.7 Å². The molecule has 1 aliphatic rings. The van der Waals surface area contributed by atoms with Gasteiger partial charge in [-0.15, -0.1) is 0 Å². The number of Topliss-reactive ketones (excluding diaryl/α,β-unsaturated/α-hetero) is 1. The number of methoxy groups -OCH3 is 1. The van der Waals surface area contributed by atoms with E-state index in [0.29, 0.717) is 53.5 Å². The van der Waals surface area contributed by atoms with E-state index in [0.717, 1.165) is 18.2 Å². The third-order valence-electron chi connectivity index (χ3n) is 7.39. The monoisotopic (exact) mass is 593 g/mol. The van der Waals surface area contributed by atoms with Crippen LogP contribution < -0.4 is 5.73 Å². The largest absolute Gasteiger partial charge is 0.383 e. The van der Waals surface area contributed by atoms with Crippen LogP contribution in [0.2, 0.25) is 0 Å². The zero-order chi connectivity index (χ0) is 30.7. The van der Waals surface area contributed by atoms with Crippen LogP contribution in [-0.4, -0.2) is 58.3 Å². The number of para-hydroxylation sites is 1. The van der Waals surface area contributed by atoms with Crippen LogP contribution >= 0.6 is 0 Å². The molecule has 3 heterocycles. The molecule has 0 unspecified atom stereocenters. The number of hydrogen-bond acceptors (Lipinski definition) is 7. The molecule has 43 heavy (non-hydrogen) atoms. The average molecular weight is 594 g/mol. The minimum Gasteiger partial charge on any atom is -0.383 e. The van der Waals surface area contributed by atoms with Gasteiger partial charge in [0.25, 0.3) is 5.91 Å². The van der Waals surface area contributed by atoms with Crippen LogP contribution in [-0.2, 0) is 20.8 Å². The first-order chi connectivity index (χ1) is 20.7. The number of nitrogens with two attached hydrogens (primary N) is 1. The van der Waals surface area contributed by atoms with Crippen LogP contribution in [0.1, 0.15) is 39.8 Å².